The summed E-state index contributed by atoms with van der Waals surface area (Å²) in [6, 6.07) is 9.92. The Kier molecular flexibility index (Phi) is 4.34. The van der Waals surface area contributed by atoms with Crippen LogP contribution in [0.25, 0.3) is 0 Å². The van der Waals surface area contributed by atoms with Crippen molar-refractivity contribution in [2.24, 2.45) is 17.1 Å². The van der Waals surface area contributed by atoms with E-state index in [2.05, 4.69) is 23.1 Å². The van der Waals surface area contributed by atoms with Crippen molar-refractivity contribution >= 4 is 0 Å². The second kappa shape index (κ2) is 6.74. The summed E-state index contributed by atoms with van der Waals surface area (Å²) >= 11 is 0. The lowest BCUT2D eigenvalue weighted by Gasteiger charge is -2.45. The van der Waals surface area contributed by atoms with E-state index in [9.17, 15) is 15.8 Å². The molecule has 2 atom stereocenters. The van der Waals surface area contributed by atoms with E-state index in [1.165, 1.54) is 7.11 Å². The predicted molar refractivity (Wildman–Crippen MR) is 101 cm³/mol. The van der Waals surface area contributed by atoms with Crippen molar-refractivity contribution in [1.29, 1.82) is 15.8 Å². The fourth-order valence-electron chi connectivity index (χ4n) is 4.53. The Morgan fingerprint density at radius 1 is 1.24 bits per heavy atom. The minimum Gasteiger partial charge on any atom is -0.493 e. The highest BCUT2D eigenvalue weighted by molar-refractivity contribution is 5.62. The topological polar surface area (TPSA) is 128 Å². The predicted octanol–water partition coefficient (Wildman–Crippen LogP) is 1.78. The zero-order chi connectivity index (χ0) is 20.8. The van der Waals surface area contributed by atoms with Gasteiger partial charge in [0.2, 0.25) is 12.5 Å². The highest BCUT2D eigenvalue weighted by atomic mass is 16.7. The van der Waals surface area contributed by atoms with Gasteiger partial charge in [-0.2, -0.15) is 15.8 Å². The van der Waals surface area contributed by atoms with Gasteiger partial charge in [0, 0.05) is 24.9 Å². The third kappa shape index (κ3) is 2.52. The summed E-state index contributed by atoms with van der Waals surface area (Å²) < 4.78 is 16.5. The molecule has 0 unspecified atom stereocenters. The van der Waals surface area contributed by atoms with E-state index >= 15 is 0 Å². The third-order valence-electron chi connectivity index (χ3n) is 5.89. The van der Waals surface area contributed by atoms with E-state index < -0.39 is 11.3 Å². The molecule has 146 valence electrons. The number of ether oxygens (including phenoxy) is 3. The van der Waals surface area contributed by atoms with Crippen molar-refractivity contribution in [1.82, 2.24) is 4.90 Å². The number of nitrogens with zero attached hydrogens (tertiary/aromatic N) is 4. The smallest absolute Gasteiger partial charge is 0.231 e. The molecule has 4 rings (SSSR count). The van der Waals surface area contributed by atoms with Crippen molar-refractivity contribution in [2.75, 3.05) is 34.0 Å². The number of likely N-dealkylation sites (N-methyl/N-ethyl adjacent to an activating group) is 1. The zero-order valence-electron chi connectivity index (χ0n) is 16.1. The van der Waals surface area contributed by atoms with Gasteiger partial charge >= 0.3 is 0 Å². The Morgan fingerprint density at radius 3 is 2.66 bits per heavy atom. The standard InChI is InChI=1S/C21H19N5O3/c1-26-4-3-13-14(7-22)20(25)21(9-23,10-24)18(15(13)8-26)12-5-16(27-2)19-17(6-12)28-11-29-19/h3,5-6,15,18H,4,8,11,25H2,1-2H3/t15-,18+/m0/s1. The van der Waals surface area contributed by atoms with Gasteiger partial charge in [0.25, 0.3) is 0 Å². The van der Waals surface area contributed by atoms with Crippen LogP contribution in [0.4, 0.5) is 0 Å². The summed E-state index contributed by atoms with van der Waals surface area (Å²) in [7, 11) is 3.48. The fourth-order valence-corrected chi connectivity index (χ4v) is 4.53. The Labute approximate surface area is 168 Å². The van der Waals surface area contributed by atoms with Crippen molar-refractivity contribution in [3.63, 3.8) is 0 Å². The van der Waals surface area contributed by atoms with Gasteiger partial charge < -0.3 is 24.8 Å². The molecule has 0 saturated carbocycles. The summed E-state index contributed by atoms with van der Waals surface area (Å²) in [6.45, 7) is 1.31. The number of hydrogen-bond donors (Lipinski definition) is 1. The highest BCUT2D eigenvalue weighted by Crippen LogP contribution is 2.56. The number of nitrogens with two attached hydrogens (primary N) is 1. The molecule has 1 aromatic rings. The lowest BCUT2D eigenvalue weighted by atomic mass is 9.58. The van der Waals surface area contributed by atoms with Gasteiger partial charge in [0.1, 0.15) is 6.07 Å². The van der Waals surface area contributed by atoms with E-state index in [-0.39, 0.29) is 24.0 Å². The lowest BCUT2D eigenvalue weighted by Crippen LogP contribution is -2.47. The molecule has 1 aliphatic carbocycles. The maximum absolute atomic E-state index is 10.1. The molecule has 2 heterocycles. The maximum Gasteiger partial charge on any atom is 0.231 e. The highest BCUT2D eigenvalue weighted by Gasteiger charge is 2.54. The van der Waals surface area contributed by atoms with Crippen LogP contribution in [0, 0.1) is 45.3 Å². The van der Waals surface area contributed by atoms with Gasteiger partial charge in [-0.1, -0.05) is 6.08 Å². The van der Waals surface area contributed by atoms with Crippen LogP contribution in [0.15, 0.2) is 35.1 Å². The molecule has 0 fully saturated rings. The summed E-state index contributed by atoms with van der Waals surface area (Å²) in [5, 5.41) is 30.0. The number of benzene rings is 1. The van der Waals surface area contributed by atoms with E-state index in [0.29, 0.717) is 35.9 Å². The van der Waals surface area contributed by atoms with Crippen LogP contribution in [-0.4, -0.2) is 38.9 Å². The summed E-state index contributed by atoms with van der Waals surface area (Å²) in [4.78, 5) is 2.08. The molecule has 8 heteroatoms. The molecule has 0 aromatic heterocycles. The Morgan fingerprint density at radius 2 is 2.00 bits per heavy atom. The average Bonchev–Trinajstić information content (AvgIpc) is 3.21. The quantitative estimate of drug-likeness (QED) is 0.810. The number of allylic oxidation sites excluding steroid dienone is 2. The van der Waals surface area contributed by atoms with Gasteiger partial charge in [0.05, 0.1) is 30.5 Å². The first-order valence-corrected chi connectivity index (χ1v) is 9.10. The Bertz CT molecular complexity index is 1060. The third-order valence-corrected chi connectivity index (χ3v) is 5.89. The largest absolute Gasteiger partial charge is 0.493 e. The van der Waals surface area contributed by atoms with Crippen molar-refractivity contribution in [3.8, 4) is 35.5 Å². The van der Waals surface area contributed by atoms with E-state index in [0.717, 1.165) is 5.57 Å². The fraction of sp³-hybridized carbons (Fsp3) is 0.381. The molecule has 1 aromatic carbocycles. The van der Waals surface area contributed by atoms with Gasteiger partial charge in [-0.05, 0) is 30.3 Å². The first kappa shape index (κ1) is 18.7. The lowest BCUT2D eigenvalue weighted by molar-refractivity contribution is 0.171. The van der Waals surface area contributed by atoms with Crippen LogP contribution in [0.3, 0.4) is 0 Å². The second-order valence-corrected chi connectivity index (χ2v) is 7.35. The molecule has 0 saturated heterocycles. The molecule has 0 amide bonds. The van der Waals surface area contributed by atoms with Crippen LogP contribution in [0.2, 0.25) is 0 Å². The molecular weight excluding hydrogens is 370 g/mol. The molecule has 2 aliphatic heterocycles. The first-order valence-electron chi connectivity index (χ1n) is 9.10. The van der Waals surface area contributed by atoms with Gasteiger partial charge in [-0.3, -0.25) is 0 Å². The number of fused-ring (bicyclic) bond motifs is 2. The van der Waals surface area contributed by atoms with E-state index in [1.54, 1.807) is 12.1 Å². The molecule has 3 aliphatic rings. The van der Waals surface area contributed by atoms with Gasteiger partial charge in [-0.15, -0.1) is 0 Å². The summed E-state index contributed by atoms with van der Waals surface area (Å²) in [6.07, 6.45) is 1.95. The maximum atomic E-state index is 10.1. The molecule has 0 radical (unpaired) electrons. The van der Waals surface area contributed by atoms with Gasteiger partial charge in [-0.25, -0.2) is 0 Å². The molecule has 2 N–H and O–H groups in total. The van der Waals surface area contributed by atoms with Crippen LogP contribution in [-0.2, 0) is 0 Å². The molecule has 0 bridgehead atoms. The van der Waals surface area contributed by atoms with E-state index in [4.69, 9.17) is 19.9 Å². The summed E-state index contributed by atoms with van der Waals surface area (Å²) in [5.41, 5.74) is 6.32. The second-order valence-electron chi connectivity index (χ2n) is 7.35. The number of rotatable bonds is 2. The number of hydrogen-bond acceptors (Lipinski definition) is 8. The van der Waals surface area contributed by atoms with Crippen molar-refractivity contribution in [3.05, 3.63) is 40.6 Å². The monoisotopic (exact) mass is 389 g/mol. The SMILES string of the molecule is COc1cc([C@@H]2[C@H]3CN(C)CC=C3C(C#N)=C(N)C2(C#N)C#N)cc2c1OCO2. The van der Waals surface area contributed by atoms with Crippen LogP contribution < -0.4 is 19.9 Å². The zero-order valence-corrected chi connectivity index (χ0v) is 16.1. The minimum absolute atomic E-state index is 0.00122. The van der Waals surface area contributed by atoms with Crippen molar-refractivity contribution in [2.45, 2.75) is 5.92 Å². The Balaban J connectivity index is 2.01. The van der Waals surface area contributed by atoms with E-state index in [1.807, 2.05) is 13.1 Å². The average molecular weight is 389 g/mol. The van der Waals surface area contributed by atoms with Gasteiger partial charge in [0.15, 0.2) is 16.9 Å². The normalized spacial score (nSPS) is 24.6. The van der Waals surface area contributed by atoms with Crippen LogP contribution in [0.5, 0.6) is 17.2 Å². The number of methoxy groups -OCH3 is 1. The van der Waals surface area contributed by atoms with Crippen molar-refractivity contribution < 1.29 is 14.2 Å². The molecular formula is C21H19N5O3. The Hall–Kier alpha value is -3.67. The summed E-state index contributed by atoms with van der Waals surface area (Å²) in [5.74, 6) is 0.576. The molecule has 8 nitrogen and oxygen atoms in total. The first-order chi connectivity index (χ1) is 14.0. The number of nitriles is 3. The minimum atomic E-state index is -1.69. The molecule has 29 heavy (non-hydrogen) atoms. The van der Waals surface area contributed by atoms with Crippen LogP contribution in [0.1, 0.15) is 11.5 Å². The molecule has 0 spiro atoms. The van der Waals surface area contributed by atoms with Crippen LogP contribution >= 0.6 is 0 Å².